The molecule has 0 rings (SSSR count). The molecular formula is C20H26O2. The summed E-state index contributed by atoms with van der Waals surface area (Å²) in [7, 11) is 0. The van der Waals surface area contributed by atoms with Crippen LogP contribution in [0.25, 0.3) is 0 Å². The zero-order chi connectivity index (χ0) is 16.5. The summed E-state index contributed by atoms with van der Waals surface area (Å²) in [5.74, 6) is 3.62. The Labute approximate surface area is 135 Å². The quantitative estimate of drug-likeness (QED) is 0.218. The molecule has 0 aromatic rings. The molecule has 0 atom stereocenters. The normalized spacial score (nSPS) is 10.6. The molecule has 0 aliphatic heterocycles. The van der Waals surface area contributed by atoms with Crippen molar-refractivity contribution in [3.8, 4) is 24.7 Å². The second kappa shape index (κ2) is 15.3. The fourth-order valence-electron chi connectivity index (χ4n) is 2.06. The van der Waals surface area contributed by atoms with Gasteiger partial charge in [-0.15, -0.1) is 12.8 Å². The molecule has 0 aromatic heterocycles. The standard InChI is InChI=1S/C20H26O2/c1-3-19(21)17-15-13-11-9-7-5-6-8-10-12-14-16-18-20(22)4-2/h1-2,15-18H,5-14H2/b17-15+,18-16+. The second-order valence-corrected chi connectivity index (χ2v) is 5.23. The summed E-state index contributed by atoms with van der Waals surface area (Å²) in [6, 6.07) is 0. The van der Waals surface area contributed by atoms with Gasteiger partial charge >= 0.3 is 0 Å². The molecule has 0 aliphatic carbocycles. The fourth-order valence-corrected chi connectivity index (χ4v) is 2.06. The number of carbonyl (C=O) groups is 2. The molecule has 0 saturated heterocycles. The predicted molar refractivity (Wildman–Crippen MR) is 92.1 cm³/mol. The van der Waals surface area contributed by atoms with Gasteiger partial charge in [0.2, 0.25) is 11.6 Å². The first-order valence-electron chi connectivity index (χ1n) is 8.05. The van der Waals surface area contributed by atoms with E-state index in [1.165, 1.54) is 50.7 Å². The lowest BCUT2D eigenvalue weighted by Crippen LogP contribution is -1.85. The number of ketones is 2. The SMILES string of the molecule is C#CC(=O)/C=C/CCCCCCCCCC/C=C/C(=O)C#C. The number of hydrogen-bond acceptors (Lipinski definition) is 2. The molecular weight excluding hydrogens is 272 g/mol. The summed E-state index contributed by atoms with van der Waals surface area (Å²) in [4.78, 5) is 21.6. The smallest absolute Gasteiger partial charge is 0.228 e. The molecule has 0 aliphatic rings. The highest BCUT2D eigenvalue weighted by Crippen LogP contribution is 2.11. The van der Waals surface area contributed by atoms with Crippen LogP contribution in [0.2, 0.25) is 0 Å². The summed E-state index contributed by atoms with van der Waals surface area (Å²) in [6.45, 7) is 0. The van der Waals surface area contributed by atoms with E-state index in [4.69, 9.17) is 12.8 Å². The summed E-state index contributed by atoms with van der Waals surface area (Å²) in [6.07, 6.45) is 28.1. The van der Waals surface area contributed by atoms with Gasteiger partial charge in [-0.1, -0.05) is 50.7 Å². The lowest BCUT2D eigenvalue weighted by molar-refractivity contribution is -0.110. The Balaban J connectivity index is 3.25. The molecule has 0 heterocycles. The van der Waals surface area contributed by atoms with Gasteiger partial charge in [0.05, 0.1) is 0 Å². The zero-order valence-corrected chi connectivity index (χ0v) is 13.4. The molecule has 0 radical (unpaired) electrons. The lowest BCUT2D eigenvalue weighted by atomic mass is 10.1. The van der Waals surface area contributed by atoms with Gasteiger partial charge in [0.15, 0.2) is 0 Å². The number of allylic oxidation sites excluding steroid dienone is 4. The Kier molecular flexibility index (Phi) is 13.9. The van der Waals surface area contributed by atoms with Gasteiger partial charge in [-0.05, 0) is 49.7 Å². The van der Waals surface area contributed by atoms with Gasteiger partial charge in [-0.2, -0.15) is 0 Å². The number of hydrogen-bond donors (Lipinski definition) is 0. The monoisotopic (exact) mass is 298 g/mol. The average molecular weight is 298 g/mol. The van der Waals surface area contributed by atoms with Crippen LogP contribution in [-0.4, -0.2) is 11.6 Å². The van der Waals surface area contributed by atoms with E-state index in [9.17, 15) is 9.59 Å². The molecule has 0 bridgehead atoms. The van der Waals surface area contributed by atoms with Crippen molar-refractivity contribution in [3.05, 3.63) is 24.3 Å². The highest BCUT2D eigenvalue weighted by Gasteiger charge is 1.92. The van der Waals surface area contributed by atoms with Crippen molar-refractivity contribution in [2.45, 2.75) is 64.2 Å². The number of unbranched alkanes of at least 4 members (excludes halogenated alkanes) is 9. The Hall–Kier alpha value is -2.06. The molecule has 2 nitrogen and oxygen atoms in total. The summed E-state index contributed by atoms with van der Waals surface area (Å²) in [5.41, 5.74) is 0. The molecule has 0 N–H and O–H groups in total. The van der Waals surface area contributed by atoms with E-state index in [2.05, 4.69) is 11.8 Å². The number of terminal acetylenes is 2. The Morgan fingerprint density at radius 1 is 0.636 bits per heavy atom. The summed E-state index contributed by atoms with van der Waals surface area (Å²) < 4.78 is 0. The maximum Gasteiger partial charge on any atom is 0.228 e. The zero-order valence-electron chi connectivity index (χ0n) is 13.4. The maximum absolute atomic E-state index is 10.8. The van der Waals surface area contributed by atoms with E-state index in [1.54, 1.807) is 0 Å². The molecule has 2 heteroatoms. The van der Waals surface area contributed by atoms with Crippen molar-refractivity contribution >= 4 is 11.6 Å². The molecule has 0 spiro atoms. The fraction of sp³-hybridized carbons (Fsp3) is 0.500. The van der Waals surface area contributed by atoms with E-state index >= 15 is 0 Å². The van der Waals surface area contributed by atoms with Crippen LogP contribution in [0.4, 0.5) is 0 Å². The average Bonchev–Trinajstić information content (AvgIpc) is 2.54. The highest BCUT2D eigenvalue weighted by molar-refractivity contribution is 6.04. The molecule has 0 fully saturated rings. The van der Waals surface area contributed by atoms with Crippen LogP contribution in [0.1, 0.15) is 64.2 Å². The Bertz CT molecular complexity index is 411. The molecule has 0 amide bonds. The van der Waals surface area contributed by atoms with Crippen molar-refractivity contribution in [1.82, 2.24) is 0 Å². The minimum atomic E-state index is -0.251. The molecule has 0 aromatic carbocycles. The van der Waals surface area contributed by atoms with Crippen LogP contribution in [0.5, 0.6) is 0 Å². The van der Waals surface area contributed by atoms with E-state index < -0.39 is 0 Å². The molecule has 0 unspecified atom stereocenters. The third-order valence-corrected chi connectivity index (χ3v) is 3.31. The van der Waals surface area contributed by atoms with Gasteiger partial charge in [0.1, 0.15) is 0 Å². The first-order valence-corrected chi connectivity index (χ1v) is 8.05. The van der Waals surface area contributed by atoms with Gasteiger partial charge in [0.25, 0.3) is 0 Å². The number of rotatable bonds is 13. The largest absolute Gasteiger partial charge is 0.280 e. The third-order valence-electron chi connectivity index (χ3n) is 3.31. The summed E-state index contributed by atoms with van der Waals surface area (Å²) >= 11 is 0. The minimum Gasteiger partial charge on any atom is -0.280 e. The molecule has 22 heavy (non-hydrogen) atoms. The van der Waals surface area contributed by atoms with Crippen molar-refractivity contribution in [3.63, 3.8) is 0 Å². The van der Waals surface area contributed by atoms with E-state index in [0.717, 1.165) is 25.7 Å². The number of carbonyl (C=O) groups excluding carboxylic acids is 2. The first kappa shape index (κ1) is 19.9. The van der Waals surface area contributed by atoms with Crippen LogP contribution in [0.15, 0.2) is 24.3 Å². The second-order valence-electron chi connectivity index (χ2n) is 5.23. The van der Waals surface area contributed by atoms with Crippen LogP contribution >= 0.6 is 0 Å². The third kappa shape index (κ3) is 14.4. The van der Waals surface area contributed by atoms with Crippen LogP contribution < -0.4 is 0 Å². The predicted octanol–water partition coefficient (Wildman–Crippen LogP) is 4.40. The summed E-state index contributed by atoms with van der Waals surface area (Å²) in [5, 5.41) is 0. The Morgan fingerprint density at radius 3 is 1.27 bits per heavy atom. The van der Waals surface area contributed by atoms with E-state index in [1.807, 2.05) is 12.2 Å². The van der Waals surface area contributed by atoms with Crippen molar-refractivity contribution in [1.29, 1.82) is 0 Å². The van der Waals surface area contributed by atoms with Gasteiger partial charge in [-0.3, -0.25) is 9.59 Å². The minimum absolute atomic E-state index is 0.251. The maximum atomic E-state index is 10.8. The van der Waals surface area contributed by atoms with Crippen LogP contribution in [0.3, 0.4) is 0 Å². The Morgan fingerprint density at radius 2 is 0.955 bits per heavy atom. The first-order chi connectivity index (χ1) is 10.7. The van der Waals surface area contributed by atoms with Gasteiger partial charge in [0, 0.05) is 0 Å². The van der Waals surface area contributed by atoms with E-state index in [0.29, 0.717) is 0 Å². The lowest BCUT2D eigenvalue weighted by Gasteiger charge is -2.00. The van der Waals surface area contributed by atoms with Crippen molar-refractivity contribution < 1.29 is 9.59 Å². The van der Waals surface area contributed by atoms with Gasteiger partial charge < -0.3 is 0 Å². The topological polar surface area (TPSA) is 34.1 Å². The van der Waals surface area contributed by atoms with E-state index in [-0.39, 0.29) is 11.6 Å². The van der Waals surface area contributed by atoms with Crippen molar-refractivity contribution in [2.75, 3.05) is 0 Å². The molecule has 0 saturated carbocycles. The van der Waals surface area contributed by atoms with Gasteiger partial charge in [-0.25, -0.2) is 0 Å². The van der Waals surface area contributed by atoms with Crippen LogP contribution in [-0.2, 0) is 9.59 Å². The molecule has 118 valence electrons. The van der Waals surface area contributed by atoms with Crippen molar-refractivity contribution in [2.24, 2.45) is 0 Å². The highest BCUT2D eigenvalue weighted by atomic mass is 16.1. The van der Waals surface area contributed by atoms with Crippen LogP contribution in [0, 0.1) is 24.7 Å².